The highest BCUT2D eigenvalue weighted by atomic mass is 16.5. The topological polar surface area (TPSA) is 61.4 Å². The minimum atomic E-state index is -0.179. The van der Waals surface area contributed by atoms with Gasteiger partial charge in [-0.15, -0.1) is 5.10 Å². The summed E-state index contributed by atoms with van der Waals surface area (Å²) in [6.07, 6.45) is 3.34. The number of pyridine rings is 2. The van der Waals surface area contributed by atoms with Crippen molar-refractivity contribution < 1.29 is 4.74 Å². The van der Waals surface area contributed by atoms with Crippen LogP contribution in [-0.2, 0) is 6.54 Å². The monoisotopic (exact) mass is 256 g/mol. The van der Waals surface area contributed by atoms with Gasteiger partial charge in [-0.3, -0.25) is 4.40 Å². The summed E-state index contributed by atoms with van der Waals surface area (Å²) in [4.78, 5) is 16.2. The zero-order chi connectivity index (χ0) is 13.2. The van der Waals surface area contributed by atoms with Crippen LogP contribution in [0.15, 0.2) is 47.5 Å². The van der Waals surface area contributed by atoms with Crippen molar-refractivity contribution in [1.29, 1.82) is 0 Å². The SMILES string of the molecule is COc1ncccc1Cn1nc2ccccn2c1=O. The van der Waals surface area contributed by atoms with Crippen LogP contribution in [-0.4, -0.2) is 26.3 Å². The van der Waals surface area contributed by atoms with E-state index in [9.17, 15) is 4.79 Å². The van der Waals surface area contributed by atoms with Gasteiger partial charge >= 0.3 is 5.69 Å². The quantitative estimate of drug-likeness (QED) is 0.700. The van der Waals surface area contributed by atoms with Gasteiger partial charge in [-0.2, -0.15) is 0 Å². The van der Waals surface area contributed by atoms with E-state index in [1.807, 2.05) is 12.1 Å². The molecule has 0 amide bonds. The molecule has 0 aromatic carbocycles. The molecule has 96 valence electrons. The van der Waals surface area contributed by atoms with E-state index >= 15 is 0 Å². The summed E-state index contributed by atoms with van der Waals surface area (Å²) in [5.41, 5.74) is 1.26. The number of nitrogens with zero attached hydrogens (tertiary/aromatic N) is 4. The Labute approximate surface area is 108 Å². The molecule has 0 N–H and O–H groups in total. The fourth-order valence-corrected chi connectivity index (χ4v) is 1.96. The van der Waals surface area contributed by atoms with Crippen LogP contribution in [0, 0.1) is 0 Å². The van der Waals surface area contributed by atoms with E-state index in [0.29, 0.717) is 18.1 Å². The van der Waals surface area contributed by atoms with Crippen molar-refractivity contribution in [2.75, 3.05) is 7.11 Å². The second-order valence-electron chi connectivity index (χ2n) is 4.04. The molecule has 0 spiro atoms. The highest BCUT2D eigenvalue weighted by Gasteiger charge is 2.09. The molecule has 0 unspecified atom stereocenters. The van der Waals surface area contributed by atoms with Crippen LogP contribution in [0.1, 0.15) is 5.56 Å². The summed E-state index contributed by atoms with van der Waals surface area (Å²) in [6.45, 7) is 0.331. The van der Waals surface area contributed by atoms with Crippen LogP contribution in [0.4, 0.5) is 0 Å². The average Bonchev–Trinajstić information content (AvgIpc) is 2.77. The lowest BCUT2D eigenvalue weighted by atomic mass is 10.3. The fraction of sp³-hybridized carbons (Fsp3) is 0.154. The molecule has 0 aliphatic carbocycles. The van der Waals surface area contributed by atoms with E-state index in [4.69, 9.17) is 4.74 Å². The predicted molar refractivity (Wildman–Crippen MR) is 69.3 cm³/mol. The molecule has 3 heterocycles. The number of aromatic nitrogens is 4. The van der Waals surface area contributed by atoms with E-state index in [0.717, 1.165) is 5.56 Å². The summed E-state index contributed by atoms with van der Waals surface area (Å²) in [6, 6.07) is 9.10. The zero-order valence-electron chi connectivity index (χ0n) is 10.4. The van der Waals surface area contributed by atoms with Gasteiger partial charge in [-0.1, -0.05) is 12.1 Å². The zero-order valence-corrected chi connectivity index (χ0v) is 10.4. The molecular weight excluding hydrogens is 244 g/mol. The molecule has 3 rings (SSSR count). The summed E-state index contributed by atoms with van der Waals surface area (Å²) in [7, 11) is 1.55. The number of rotatable bonds is 3. The first kappa shape index (κ1) is 11.5. The van der Waals surface area contributed by atoms with Gasteiger partial charge < -0.3 is 4.74 Å². The Balaban J connectivity index is 2.06. The molecular formula is C13H12N4O2. The van der Waals surface area contributed by atoms with E-state index in [1.165, 1.54) is 9.08 Å². The van der Waals surface area contributed by atoms with Crippen LogP contribution >= 0.6 is 0 Å². The summed E-state index contributed by atoms with van der Waals surface area (Å²) >= 11 is 0. The standard InChI is InChI=1S/C13H12N4O2/c1-19-12-10(5-4-7-14-12)9-17-13(18)16-8-3-2-6-11(16)15-17/h2-8H,9H2,1H3. The molecule has 0 aliphatic heterocycles. The lowest BCUT2D eigenvalue weighted by molar-refractivity contribution is 0.390. The summed E-state index contributed by atoms with van der Waals surface area (Å²) < 4.78 is 8.07. The molecule has 3 aromatic rings. The second-order valence-corrected chi connectivity index (χ2v) is 4.04. The van der Waals surface area contributed by atoms with Crippen molar-refractivity contribution in [1.82, 2.24) is 19.2 Å². The maximum atomic E-state index is 12.1. The lowest BCUT2D eigenvalue weighted by Crippen LogP contribution is -2.21. The van der Waals surface area contributed by atoms with E-state index in [2.05, 4.69) is 10.1 Å². The minimum absolute atomic E-state index is 0.179. The van der Waals surface area contributed by atoms with Crippen LogP contribution in [0.3, 0.4) is 0 Å². The highest BCUT2D eigenvalue weighted by Crippen LogP contribution is 2.14. The van der Waals surface area contributed by atoms with Gasteiger partial charge in [0.2, 0.25) is 5.88 Å². The maximum absolute atomic E-state index is 12.1. The Bertz CT molecular complexity index is 775. The first-order valence-corrected chi connectivity index (χ1v) is 5.81. The molecule has 0 fully saturated rings. The Morgan fingerprint density at radius 2 is 2.16 bits per heavy atom. The van der Waals surface area contributed by atoms with Gasteiger partial charge in [0.05, 0.1) is 13.7 Å². The number of fused-ring (bicyclic) bond motifs is 1. The molecule has 6 heteroatoms. The van der Waals surface area contributed by atoms with Crippen LogP contribution in [0.5, 0.6) is 5.88 Å². The van der Waals surface area contributed by atoms with Crippen LogP contribution in [0.2, 0.25) is 0 Å². The number of hydrogen-bond donors (Lipinski definition) is 0. The Morgan fingerprint density at radius 1 is 1.26 bits per heavy atom. The van der Waals surface area contributed by atoms with Crippen LogP contribution in [0.25, 0.3) is 5.65 Å². The number of ether oxygens (including phenoxy) is 1. The van der Waals surface area contributed by atoms with Gasteiger partial charge in [-0.05, 0) is 18.2 Å². The molecule has 6 nitrogen and oxygen atoms in total. The summed E-state index contributed by atoms with van der Waals surface area (Å²) in [5.74, 6) is 0.506. The third-order valence-corrected chi connectivity index (χ3v) is 2.85. The Morgan fingerprint density at radius 3 is 2.95 bits per heavy atom. The fourth-order valence-electron chi connectivity index (χ4n) is 1.96. The molecule has 0 saturated carbocycles. The van der Waals surface area contributed by atoms with Gasteiger partial charge in [0.15, 0.2) is 5.65 Å². The first-order valence-electron chi connectivity index (χ1n) is 5.81. The minimum Gasteiger partial charge on any atom is -0.481 e. The number of hydrogen-bond acceptors (Lipinski definition) is 4. The molecule has 0 atom stereocenters. The van der Waals surface area contributed by atoms with E-state index < -0.39 is 0 Å². The first-order chi connectivity index (χ1) is 9.29. The van der Waals surface area contributed by atoms with Crippen molar-refractivity contribution in [2.24, 2.45) is 0 Å². The Hall–Kier alpha value is -2.63. The molecule has 19 heavy (non-hydrogen) atoms. The van der Waals surface area contributed by atoms with Crippen molar-refractivity contribution in [3.63, 3.8) is 0 Å². The molecule has 3 aromatic heterocycles. The second kappa shape index (κ2) is 4.56. The van der Waals surface area contributed by atoms with Crippen molar-refractivity contribution in [2.45, 2.75) is 6.54 Å². The van der Waals surface area contributed by atoms with Crippen molar-refractivity contribution in [3.8, 4) is 5.88 Å². The van der Waals surface area contributed by atoms with Gasteiger partial charge in [-0.25, -0.2) is 14.5 Å². The Kier molecular flexibility index (Phi) is 2.75. The number of methoxy groups -OCH3 is 1. The molecule has 0 saturated heterocycles. The van der Waals surface area contributed by atoms with Gasteiger partial charge in [0, 0.05) is 18.0 Å². The normalized spacial score (nSPS) is 10.8. The summed E-state index contributed by atoms with van der Waals surface area (Å²) in [5, 5.41) is 4.27. The van der Waals surface area contributed by atoms with E-state index in [1.54, 1.807) is 37.7 Å². The van der Waals surface area contributed by atoms with Crippen molar-refractivity contribution >= 4 is 5.65 Å². The third kappa shape index (κ3) is 1.97. The van der Waals surface area contributed by atoms with Gasteiger partial charge in [0.25, 0.3) is 0 Å². The lowest BCUT2D eigenvalue weighted by Gasteiger charge is -2.05. The third-order valence-electron chi connectivity index (χ3n) is 2.85. The van der Waals surface area contributed by atoms with Crippen LogP contribution < -0.4 is 10.4 Å². The van der Waals surface area contributed by atoms with E-state index in [-0.39, 0.29) is 5.69 Å². The molecule has 0 radical (unpaired) electrons. The predicted octanol–water partition coefficient (Wildman–Crippen LogP) is 0.948. The van der Waals surface area contributed by atoms with Gasteiger partial charge in [0.1, 0.15) is 0 Å². The largest absolute Gasteiger partial charge is 0.481 e. The average molecular weight is 256 g/mol. The molecule has 0 aliphatic rings. The maximum Gasteiger partial charge on any atom is 0.350 e. The smallest absolute Gasteiger partial charge is 0.350 e. The van der Waals surface area contributed by atoms with Crippen molar-refractivity contribution in [3.05, 3.63) is 58.8 Å². The molecule has 0 bridgehead atoms. The highest BCUT2D eigenvalue weighted by molar-refractivity contribution is 5.36.